The monoisotopic (exact) mass is 215 g/mol. The molecule has 2 heteroatoms. The van der Waals surface area contributed by atoms with Crippen LogP contribution in [-0.2, 0) is 4.79 Å². The number of hydrogen-bond acceptors (Lipinski definition) is 1. The van der Waals surface area contributed by atoms with Crippen LogP contribution in [0.2, 0.25) is 0 Å². The summed E-state index contributed by atoms with van der Waals surface area (Å²) < 4.78 is 0. The molecule has 1 aromatic carbocycles. The fourth-order valence-corrected chi connectivity index (χ4v) is 2.27. The van der Waals surface area contributed by atoms with Gasteiger partial charge in [0.15, 0.2) is 0 Å². The smallest absolute Gasteiger partial charge is 0.123 e. The van der Waals surface area contributed by atoms with Crippen LogP contribution in [0, 0.1) is 12.8 Å². The second-order valence-electron chi connectivity index (χ2n) is 4.49. The first-order chi connectivity index (χ1) is 7.65. The first kappa shape index (κ1) is 10.9. The normalized spacial score (nSPS) is 14.9. The van der Waals surface area contributed by atoms with E-state index >= 15 is 0 Å². The largest absolute Gasteiger partial charge is 0.358 e. The highest BCUT2D eigenvalue weighted by atomic mass is 16.1. The minimum atomic E-state index is 0.0536. The van der Waals surface area contributed by atoms with Crippen LogP contribution in [0.25, 0.3) is 10.9 Å². The lowest BCUT2D eigenvalue weighted by Crippen LogP contribution is -2.08. The molecule has 2 nitrogen and oxygen atoms in total. The molecule has 2 aromatic rings. The second-order valence-corrected chi connectivity index (χ2v) is 4.49. The summed E-state index contributed by atoms with van der Waals surface area (Å²) in [6, 6.07) is 8.25. The van der Waals surface area contributed by atoms with Gasteiger partial charge in [-0.2, -0.15) is 0 Å². The molecule has 0 aliphatic carbocycles. The molecule has 1 aromatic heterocycles. The zero-order valence-electron chi connectivity index (χ0n) is 9.95. The van der Waals surface area contributed by atoms with Crippen molar-refractivity contribution in [3.05, 3.63) is 35.5 Å². The summed E-state index contributed by atoms with van der Waals surface area (Å²) in [6.45, 7) is 6.16. The molecular formula is C14H17NO. The summed E-state index contributed by atoms with van der Waals surface area (Å²) in [4.78, 5) is 14.2. The lowest BCUT2D eigenvalue weighted by Gasteiger charge is -2.15. The van der Waals surface area contributed by atoms with E-state index < -0.39 is 0 Å². The summed E-state index contributed by atoms with van der Waals surface area (Å²) in [5.41, 5.74) is 3.59. The molecule has 1 N–H and O–H groups in total. The third kappa shape index (κ3) is 1.64. The Hall–Kier alpha value is -1.57. The average molecular weight is 215 g/mol. The number of aromatic amines is 1. The van der Waals surface area contributed by atoms with Gasteiger partial charge in [-0.15, -0.1) is 0 Å². The Balaban J connectivity index is 2.58. The Morgan fingerprint density at radius 2 is 1.94 bits per heavy atom. The van der Waals surface area contributed by atoms with Gasteiger partial charge in [0.2, 0.25) is 0 Å². The van der Waals surface area contributed by atoms with Crippen molar-refractivity contribution in [3.63, 3.8) is 0 Å². The van der Waals surface area contributed by atoms with Crippen molar-refractivity contribution >= 4 is 17.2 Å². The van der Waals surface area contributed by atoms with Gasteiger partial charge in [0.25, 0.3) is 0 Å². The molecule has 0 spiro atoms. The van der Waals surface area contributed by atoms with Crippen LogP contribution in [0.4, 0.5) is 0 Å². The van der Waals surface area contributed by atoms with Gasteiger partial charge >= 0.3 is 0 Å². The molecular weight excluding hydrogens is 198 g/mol. The summed E-state index contributed by atoms with van der Waals surface area (Å²) in [7, 11) is 0. The van der Waals surface area contributed by atoms with Crippen LogP contribution >= 0.6 is 0 Å². The number of aldehydes is 1. The van der Waals surface area contributed by atoms with Crippen molar-refractivity contribution < 1.29 is 4.79 Å². The highest BCUT2D eigenvalue weighted by Gasteiger charge is 2.19. The average Bonchev–Trinajstić information content (AvgIpc) is 2.63. The standard InChI is InChI=1S/C14H17NO/c1-9(8-16)10(2)14-11(3)15-13-7-5-4-6-12(13)14/h4-10,15H,1-3H3. The number of H-pyrrole nitrogens is 1. The van der Waals surface area contributed by atoms with Gasteiger partial charge < -0.3 is 9.78 Å². The highest BCUT2D eigenvalue weighted by molar-refractivity contribution is 5.85. The van der Waals surface area contributed by atoms with Gasteiger partial charge in [-0.25, -0.2) is 0 Å². The van der Waals surface area contributed by atoms with Crippen molar-refractivity contribution in [2.45, 2.75) is 26.7 Å². The van der Waals surface area contributed by atoms with Gasteiger partial charge in [-0.3, -0.25) is 0 Å². The van der Waals surface area contributed by atoms with Crippen molar-refractivity contribution in [1.82, 2.24) is 4.98 Å². The van der Waals surface area contributed by atoms with E-state index in [1.54, 1.807) is 0 Å². The molecule has 2 unspecified atom stereocenters. The number of para-hydroxylation sites is 1. The van der Waals surface area contributed by atoms with E-state index in [4.69, 9.17) is 0 Å². The Morgan fingerprint density at radius 3 is 2.62 bits per heavy atom. The number of hydrogen-bond donors (Lipinski definition) is 1. The predicted octanol–water partition coefficient (Wildman–Crippen LogP) is 3.41. The Kier molecular flexibility index (Phi) is 2.82. The minimum absolute atomic E-state index is 0.0536. The van der Waals surface area contributed by atoms with Crippen LogP contribution in [-0.4, -0.2) is 11.3 Å². The fraction of sp³-hybridized carbons (Fsp3) is 0.357. The molecule has 0 saturated carbocycles. The van der Waals surface area contributed by atoms with E-state index in [1.165, 1.54) is 16.6 Å². The van der Waals surface area contributed by atoms with E-state index in [0.29, 0.717) is 0 Å². The number of aromatic nitrogens is 1. The van der Waals surface area contributed by atoms with Gasteiger partial charge in [-0.1, -0.05) is 32.0 Å². The molecule has 2 atom stereocenters. The number of rotatable bonds is 3. The number of carbonyl (C=O) groups excluding carboxylic acids is 1. The fourth-order valence-electron chi connectivity index (χ4n) is 2.27. The third-order valence-electron chi connectivity index (χ3n) is 3.40. The van der Waals surface area contributed by atoms with Crippen LogP contribution in [0.1, 0.15) is 31.0 Å². The van der Waals surface area contributed by atoms with E-state index in [9.17, 15) is 4.79 Å². The number of fused-ring (bicyclic) bond motifs is 1. The number of aryl methyl sites for hydroxylation is 1. The van der Waals surface area contributed by atoms with Crippen LogP contribution in [0.5, 0.6) is 0 Å². The first-order valence-electron chi connectivity index (χ1n) is 5.67. The van der Waals surface area contributed by atoms with Gasteiger partial charge in [-0.05, 0) is 24.5 Å². The molecule has 84 valence electrons. The zero-order chi connectivity index (χ0) is 11.7. The van der Waals surface area contributed by atoms with Crippen LogP contribution < -0.4 is 0 Å². The number of benzene rings is 1. The van der Waals surface area contributed by atoms with Crippen molar-refractivity contribution in [1.29, 1.82) is 0 Å². The lowest BCUT2D eigenvalue weighted by atomic mass is 9.88. The zero-order valence-corrected chi connectivity index (χ0v) is 9.95. The Bertz CT molecular complexity index is 512. The molecule has 1 heterocycles. The molecule has 0 amide bonds. The van der Waals surface area contributed by atoms with Crippen molar-refractivity contribution in [2.24, 2.45) is 5.92 Å². The SMILES string of the molecule is Cc1[nH]c2ccccc2c1C(C)C(C)C=O. The highest BCUT2D eigenvalue weighted by Crippen LogP contribution is 2.32. The van der Waals surface area contributed by atoms with Gasteiger partial charge in [0.05, 0.1) is 0 Å². The second kappa shape index (κ2) is 4.12. The maximum Gasteiger partial charge on any atom is 0.123 e. The maximum atomic E-state index is 10.9. The van der Waals surface area contributed by atoms with E-state index in [2.05, 4.69) is 31.0 Å². The van der Waals surface area contributed by atoms with Gasteiger partial charge in [0, 0.05) is 22.5 Å². The van der Waals surface area contributed by atoms with E-state index in [-0.39, 0.29) is 11.8 Å². The Morgan fingerprint density at radius 1 is 1.25 bits per heavy atom. The molecule has 0 aliphatic heterocycles. The molecule has 0 radical (unpaired) electrons. The van der Waals surface area contributed by atoms with E-state index in [1.807, 2.05) is 19.1 Å². The first-order valence-corrected chi connectivity index (χ1v) is 5.67. The molecule has 0 fully saturated rings. The summed E-state index contributed by atoms with van der Waals surface area (Å²) in [5, 5.41) is 1.24. The molecule has 2 rings (SSSR count). The molecule has 0 bridgehead atoms. The molecule has 0 saturated heterocycles. The topological polar surface area (TPSA) is 32.9 Å². The third-order valence-corrected chi connectivity index (χ3v) is 3.40. The summed E-state index contributed by atoms with van der Waals surface area (Å²) in [6.07, 6.45) is 1.03. The van der Waals surface area contributed by atoms with Crippen LogP contribution in [0.15, 0.2) is 24.3 Å². The minimum Gasteiger partial charge on any atom is -0.358 e. The number of carbonyl (C=O) groups is 1. The molecule has 16 heavy (non-hydrogen) atoms. The summed E-state index contributed by atoms with van der Waals surface area (Å²) >= 11 is 0. The number of nitrogens with one attached hydrogen (secondary N) is 1. The lowest BCUT2D eigenvalue weighted by molar-refractivity contribution is -0.111. The maximum absolute atomic E-state index is 10.9. The Labute approximate surface area is 95.7 Å². The van der Waals surface area contributed by atoms with Gasteiger partial charge in [0.1, 0.15) is 6.29 Å². The summed E-state index contributed by atoms with van der Waals surface area (Å²) in [5.74, 6) is 0.312. The predicted molar refractivity (Wildman–Crippen MR) is 66.7 cm³/mol. The quantitative estimate of drug-likeness (QED) is 0.782. The van der Waals surface area contributed by atoms with Crippen molar-refractivity contribution in [3.8, 4) is 0 Å². The molecule has 0 aliphatic rings. The van der Waals surface area contributed by atoms with Crippen LogP contribution in [0.3, 0.4) is 0 Å². The van der Waals surface area contributed by atoms with E-state index in [0.717, 1.165) is 11.8 Å². The van der Waals surface area contributed by atoms with Crippen molar-refractivity contribution in [2.75, 3.05) is 0 Å².